The summed E-state index contributed by atoms with van der Waals surface area (Å²) in [4.78, 5) is 2.39. The topological polar surface area (TPSA) is 29.5 Å². The Labute approximate surface area is 303 Å². The number of rotatable bonds is 5. The standard InChI is InChI=1S/C48H29NO2S/c1-2-9-30(10-3-1)31-17-22-34(23-18-31)49(35-24-19-32(20-25-35)33-21-26-37-36-11-4-6-15-42(36)51-45(37)29-33)41-14-8-13-38-39-27-28-44-46(48(39)52-47(38)41)40-12-5-7-16-43(40)50-44/h1-29H. The van der Waals surface area contributed by atoms with Crippen LogP contribution in [0.3, 0.4) is 0 Å². The van der Waals surface area contributed by atoms with Crippen molar-refractivity contribution in [3.05, 3.63) is 176 Å². The van der Waals surface area contributed by atoms with E-state index in [1.807, 2.05) is 29.5 Å². The molecule has 0 amide bonds. The van der Waals surface area contributed by atoms with Crippen LogP contribution < -0.4 is 4.90 Å². The highest BCUT2D eigenvalue weighted by atomic mass is 32.1. The first-order chi connectivity index (χ1) is 25.8. The van der Waals surface area contributed by atoms with E-state index in [0.29, 0.717) is 0 Å². The molecule has 0 atom stereocenters. The van der Waals surface area contributed by atoms with Crippen molar-refractivity contribution >= 4 is 92.4 Å². The SMILES string of the molecule is c1ccc(-c2ccc(N(c3ccc(-c4ccc5c(c4)oc4ccccc45)cc3)c3cccc4c3sc3c4ccc4oc5ccccc5c43)cc2)cc1. The Kier molecular flexibility index (Phi) is 6.42. The maximum Gasteiger partial charge on any atom is 0.136 e. The third kappa shape index (κ3) is 4.51. The van der Waals surface area contributed by atoms with Crippen LogP contribution >= 0.6 is 11.3 Å². The molecule has 8 aromatic carbocycles. The molecule has 0 aliphatic rings. The lowest BCUT2D eigenvalue weighted by Crippen LogP contribution is -2.10. The molecule has 4 heteroatoms. The van der Waals surface area contributed by atoms with Crippen molar-refractivity contribution in [2.75, 3.05) is 4.90 Å². The number of thiophene rings is 1. The number of fused-ring (bicyclic) bond motifs is 10. The molecule has 11 aromatic rings. The summed E-state index contributed by atoms with van der Waals surface area (Å²) in [7, 11) is 0. The van der Waals surface area contributed by atoms with Gasteiger partial charge in [-0.05, 0) is 89.0 Å². The zero-order chi connectivity index (χ0) is 34.2. The van der Waals surface area contributed by atoms with Crippen LogP contribution in [-0.2, 0) is 0 Å². The van der Waals surface area contributed by atoms with Gasteiger partial charge in [-0.15, -0.1) is 11.3 Å². The molecule has 244 valence electrons. The summed E-state index contributed by atoms with van der Waals surface area (Å²) in [6.45, 7) is 0. The fourth-order valence-electron chi connectivity index (χ4n) is 7.79. The van der Waals surface area contributed by atoms with E-state index < -0.39 is 0 Å². The predicted octanol–water partition coefficient (Wildman–Crippen LogP) is 14.7. The number of nitrogens with zero attached hydrogens (tertiary/aromatic N) is 1. The second kappa shape index (κ2) is 11.5. The molecule has 0 fully saturated rings. The normalized spacial score (nSPS) is 11.8. The lowest BCUT2D eigenvalue weighted by molar-refractivity contribution is 0.669. The van der Waals surface area contributed by atoms with Gasteiger partial charge >= 0.3 is 0 Å². The lowest BCUT2D eigenvalue weighted by atomic mass is 10.0. The van der Waals surface area contributed by atoms with Gasteiger partial charge in [0.25, 0.3) is 0 Å². The molecule has 0 saturated heterocycles. The summed E-state index contributed by atoms with van der Waals surface area (Å²) in [6.07, 6.45) is 0. The minimum absolute atomic E-state index is 0.902. The Morgan fingerprint density at radius 1 is 0.346 bits per heavy atom. The number of benzene rings is 8. The van der Waals surface area contributed by atoms with Crippen molar-refractivity contribution in [2.45, 2.75) is 0 Å². The molecule has 0 unspecified atom stereocenters. The molecule has 3 heterocycles. The summed E-state index contributed by atoms with van der Waals surface area (Å²) < 4.78 is 15.0. The summed E-state index contributed by atoms with van der Waals surface area (Å²) in [5.41, 5.74) is 11.6. The van der Waals surface area contributed by atoms with Crippen LogP contribution in [0.2, 0.25) is 0 Å². The van der Waals surface area contributed by atoms with E-state index in [9.17, 15) is 0 Å². The molecule has 0 aliphatic heterocycles. The second-order valence-electron chi connectivity index (χ2n) is 13.3. The van der Waals surface area contributed by atoms with Crippen LogP contribution in [0.25, 0.3) is 86.3 Å². The lowest BCUT2D eigenvalue weighted by Gasteiger charge is -2.26. The van der Waals surface area contributed by atoms with E-state index in [2.05, 4.69) is 163 Å². The van der Waals surface area contributed by atoms with Gasteiger partial charge in [0.05, 0.1) is 10.4 Å². The molecule has 0 spiro atoms. The quantitative estimate of drug-likeness (QED) is 0.181. The summed E-state index contributed by atoms with van der Waals surface area (Å²) in [6, 6.07) is 62.5. The average Bonchev–Trinajstić information content (AvgIpc) is 3.90. The van der Waals surface area contributed by atoms with Gasteiger partial charge in [0.1, 0.15) is 22.3 Å². The number of hydrogen-bond donors (Lipinski definition) is 0. The molecule has 3 aromatic heterocycles. The molecule has 0 bridgehead atoms. The highest BCUT2D eigenvalue weighted by Crippen LogP contribution is 2.48. The van der Waals surface area contributed by atoms with E-state index in [1.54, 1.807) is 0 Å². The van der Waals surface area contributed by atoms with Crippen molar-refractivity contribution in [2.24, 2.45) is 0 Å². The molecule has 0 aliphatic carbocycles. The van der Waals surface area contributed by atoms with Gasteiger partial charge in [0.15, 0.2) is 0 Å². The molecule has 0 N–H and O–H groups in total. The number of para-hydroxylation sites is 2. The largest absolute Gasteiger partial charge is 0.456 e. The average molecular weight is 684 g/mol. The summed E-state index contributed by atoms with van der Waals surface area (Å²) in [5, 5.41) is 7.11. The van der Waals surface area contributed by atoms with E-state index >= 15 is 0 Å². The number of furan rings is 2. The van der Waals surface area contributed by atoms with Crippen molar-refractivity contribution in [1.82, 2.24) is 0 Å². The van der Waals surface area contributed by atoms with Gasteiger partial charge in [0, 0.05) is 48.4 Å². The highest BCUT2D eigenvalue weighted by molar-refractivity contribution is 7.27. The fourth-order valence-corrected chi connectivity index (χ4v) is 9.15. The van der Waals surface area contributed by atoms with Gasteiger partial charge in [-0.1, -0.05) is 109 Å². The Bertz CT molecular complexity index is 3110. The number of hydrogen-bond acceptors (Lipinski definition) is 4. The van der Waals surface area contributed by atoms with E-state index in [0.717, 1.165) is 66.7 Å². The first-order valence-electron chi connectivity index (χ1n) is 17.5. The monoisotopic (exact) mass is 683 g/mol. The van der Waals surface area contributed by atoms with E-state index in [-0.39, 0.29) is 0 Å². The molecule has 52 heavy (non-hydrogen) atoms. The van der Waals surface area contributed by atoms with Gasteiger partial charge in [-0.3, -0.25) is 0 Å². The Hall–Kier alpha value is -6.62. The van der Waals surface area contributed by atoms with Crippen molar-refractivity contribution < 1.29 is 8.83 Å². The Morgan fingerprint density at radius 3 is 1.65 bits per heavy atom. The number of anilines is 3. The highest BCUT2D eigenvalue weighted by Gasteiger charge is 2.21. The summed E-state index contributed by atoms with van der Waals surface area (Å²) in [5.74, 6) is 0. The smallest absolute Gasteiger partial charge is 0.136 e. The van der Waals surface area contributed by atoms with Crippen LogP contribution in [0, 0.1) is 0 Å². The first-order valence-corrected chi connectivity index (χ1v) is 18.3. The van der Waals surface area contributed by atoms with Crippen LogP contribution in [0.1, 0.15) is 0 Å². The first kappa shape index (κ1) is 29.1. The van der Waals surface area contributed by atoms with Gasteiger partial charge in [-0.2, -0.15) is 0 Å². The van der Waals surface area contributed by atoms with Crippen LogP contribution in [0.4, 0.5) is 17.1 Å². The fraction of sp³-hybridized carbons (Fsp3) is 0. The van der Waals surface area contributed by atoms with E-state index in [4.69, 9.17) is 8.83 Å². The predicted molar refractivity (Wildman–Crippen MR) is 219 cm³/mol. The Balaban J connectivity index is 1.08. The van der Waals surface area contributed by atoms with Gasteiger partial charge in [0.2, 0.25) is 0 Å². The van der Waals surface area contributed by atoms with Crippen LogP contribution in [0.5, 0.6) is 0 Å². The van der Waals surface area contributed by atoms with Gasteiger partial charge in [-0.25, -0.2) is 0 Å². The molecule has 11 rings (SSSR count). The van der Waals surface area contributed by atoms with E-state index in [1.165, 1.54) is 36.7 Å². The van der Waals surface area contributed by atoms with Gasteiger partial charge < -0.3 is 13.7 Å². The maximum absolute atomic E-state index is 6.30. The molecular formula is C48H29NO2S. The van der Waals surface area contributed by atoms with Crippen molar-refractivity contribution in [3.8, 4) is 22.3 Å². The second-order valence-corrected chi connectivity index (χ2v) is 14.3. The van der Waals surface area contributed by atoms with Crippen molar-refractivity contribution in [3.63, 3.8) is 0 Å². The van der Waals surface area contributed by atoms with Crippen LogP contribution in [0.15, 0.2) is 185 Å². The van der Waals surface area contributed by atoms with Crippen LogP contribution in [-0.4, -0.2) is 0 Å². The summed E-state index contributed by atoms with van der Waals surface area (Å²) >= 11 is 1.85. The Morgan fingerprint density at radius 2 is 0.885 bits per heavy atom. The minimum Gasteiger partial charge on any atom is -0.456 e. The maximum atomic E-state index is 6.30. The molecular weight excluding hydrogens is 655 g/mol. The third-order valence-electron chi connectivity index (χ3n) is 10.3. The molecule has 0 saturated carbocycles. The zero-order valence-corrected chi connectivity index (χ0v) is 28.7. The minimum atomic E-state index is 0.902. The third-order valence-corrected chi connectivity index (χ3v) is 11.6. The van der Waals surface area contributed by atoms with Crippen molar-refractivity contribution in [1.29, 1.82) is 0 Å². The zero-order valence-electron chi connectivity index (χ0n) is 27.9. The molecule has 0 radical (unpaired) electrons. The molecule has 3 nitrogen and oxygen atoms in total.